The molecule has 6 heteroatoms. The third kappa shape index (κ3) is 1.97. The molecule has 2 aromatic rings. The monoisotopic (exact) mass is 246 g/mol. The van der Waals surface area contributed by atoms with Crippen molar-refractivity contribution < 1.29 is 13.2 Å². The van der Waals surface area contributed by atoms with E-state index in [2.05, 4.69) is 15.8 Å². The predicted octanol–water partition coefficient (Wildman–Crippen LogP) is 3.27. The van der Waals surface area contributed by atoms with Gasteiger partial charge in [0.1, 0.15) is 0 Å². The number of H-pyrrole nitrogens is 1. The summed E-state index contributed by atoms with van der Waals surface area (Å²) in [5, 5.41) is 0.620. The van der Waals surface area contributed by atoms with Crippen LogP contribution in [0.4, 0.5) is 13.2 Å². The van der Waals surface area contributed by atoms with Gasteiger partial charge in [0.2, 0.25) is 0 Å². The molecule has 0 aliphatic carbocycles. The van der Waals surface area contributed by atoms with E-state index in [9.17, 15) is 13.2 Å². The van der Waals surface area contributed by atoms with Gasteiger partial charge in [0.15, 0.2) is 5.16 Å². The van der Waals surface area contributed by atoms with Crippen LogP contribution in [0, 0.1) is 0 Å². The van der Waals surface area contributed by atoms with Crippen molar-refractivity contribution in [3.8, 4) is 0 Å². The Labute approximate surface area is 92.4 Å². The number of benzene rings is 1. The molecular weight excluding hydrogens is 237 g/mol. The fourth-order valence-electron chi connectivity index (χ4n) is 1.33. The van der Waals surface area contributed by atoms with Crippen LogP contribution in [0.5, 0.6) is 0 Å². The van der Waals surface area contributed by atoms with E-state index in [0.29, 0.717) is 16.2 Å². The van der Waals surface area contributed by atoms with Crippen molar-refractivity contribution in [2.45, 2.75) is 11.3 Å². The van der Waals surface area contributed by atoms with Gasteiger partial charge in [-0.2, -0.15) is 13.2 Å². The van der Waals surface area contributed by atoms with Crippen LogP contribution in [-0.4, -0.2) is 22.1 Å². The van der Waals surface area contributed by atoms with Crippen molar-refractivity contribution in [1.82, 2.24) is 9.97 Å². The molecule has 0 aliphatic rings. The van der Waals surface area contributed by atoms with Crippen molar-refractivity contribution in [2.24, 2.45) is 0 Å². The van der Waals surface area contributed by atoms with Gasteiger partial charge < -0.3 is 4.98 Å². The Morgan fingerprint density at radius 3 is 2.62 bits per heavy atom. The molecule has 16 heavy (non-hydrogen) atoms. The van der Waals surface area contributed by atoms with Gasteiger partial charge >= 0.3 is 6.18 Å². The molecule has 1 heterocycles. The normalized spacial score (nSPS) is 14.2. The van der Waals surface area contributed by atoms with E-state index in [-0.39, 0.29) is 10.5 Å². The largest absolute Gasteiger partial charge is 0.416 e. The van der Waals surface area contributed by atoms with Crippen molar-refractivity contribution >= 4 is 27.4 Å². The number of nitrogens with zero attached hydrogens (tertiary/aromatic N) is 1. The van der Waals surface area contributed by atoms with Crippen LogP contribution in [0.2, 0.25) is 0 Å². The van der Waals surface area contributed by atoms with Crippen molar-refractivity contribution in [1.29, 1.82) is 0 Å². The summed E-state index contributed by atoms with van der Waals surface area (Å²) in [7, 11) is -0.337. The zero-order valence-corrected chi connectivity index (χ0v) is 9.25. The van der Waals surface area contributed by atoms with E-state index in [1.54, 1.807) is 0 Å². The Morgan fingerprint density at radius 1 is 1.38 bits per heavy atom. The number of aromatic nitrogens is 2. The summed E-state index contributed by atoms with van der Waals surface area (Å²) in [6.45, 7) is 0. The molecule has 0 amide bonds. The van der Waals surface area contributed by atoms with Gasteiger partial charge in [0.05, 0.1) is 16.6 Å². The zero-order valence-electron chi connectivity index (χ0n) is 8.43. The van der Waals surface area contributed by atoms with E-state index >= 15 is 0 Å². The number of fused-ring (bicyclic) bond motifs is 1. The van der Waals surface area contributed by atoms with Gasteiger partial charge in [0.25, 0.3) is 0 Å². The fourth-order valence-corrected chi connectivity index (χ4v) is 1.87. The molecule has 1 N–H and O–H groups in total. The molecule has 0 saturated heterocycles. The van der Waals surface area contributed by atoms with E-state index in [1.807, 2.05) is 6.26 Å². The summed E-state index contributed by atoms with van der Waals surface area (Å²) in [5.41, 5.74) is 0.258. The smallest absolute Gasteiger partial charge is 0.333 e. The Kier molecular flexibility index (Phi) is 2.53. The van der Waals surface area contributed by atoms with Gasteiger partial charge in [0, 0.05) is 0 Å². The van der Waals surface area contributed by atoms with Crippen molar-refractivity contribution in [3.63, 3.8) is 0 Å². The Morgan fingerprint density at radius 2 is 2.06 bits per heavy atom. The zero-order chi connectivity index (χ0) is 11.9. The number of halogens is 3. The van der Waals surface area contributed by atoms with E-state index < -0.39 is 11.7 Å². The molecular formula is C10H9F3N2S. The molecule has 0 fully saturated rings. The number of rotatable bonds is 1. The molecule has 2 rings (SSSR count). The molecule has 0 radical (unpaired) electrons. The Bertz CT molecular complexity index is 557. The summed E-state index contributed by atoms with van der Waals surface area (Å²) in [6.07, 6.45) is -2.47. The lowest BCUT2D eigenvalue weighted by molar-refractivity contribution is -0.137. The topological polar surface area (TPSA) is 28.7 Å². The highest BCUT2D eigenvalue weighted by Crippen LogP contribution is 2.31. The summed E-state index contributed by atoms with van der Waals surface area (Å²) in [4.78, 5) is 7.01. The van der Waals surface area contributed by atoms with E-state index in [4.69, 9.17) is 0 Å². The van der Waals surface area contributed by atoms with Gasteiger partial charge in [-0.25, -0.2) is 4.98 Å². The molecule has 0 bridgehead atoms. The number of nitrogens with one attached hydrogen (secondary N) is 1. The maximum absolute atomic E-state index is 12.4. The van der Waals surface area contributed by atoms with Crippen LogP contribution in [0.3, 0.4) is 0 Å². The van der Waals surface area contributed by atoms with E-state index in [1.165, 1.54) is 6.07 Å². The van der Waals surface area contributed by atoms with Crippen LogP contribution in [0.1, 0.15) is 5.56 Å². The van der Waals surface area contributed by atoms with Crippen molar-refractivity contribution in [3.05, 3.63) is 23.8 Å². The summed E-state index contributed by atoms with van der Waals surface area (Å²) in [5.74, 6) is 3.79. The van der Waals surface area contributed by atoms with Crippen LogP contribution < -0.4 is 0 Å². The first-order valence-electron chi connectivity index (χ1n) is 4.40. The summed E-state index contributed by atoms with van der Waals surface area (Å²) < 4.78 is 37.3. The molecule has 1 aromatic carbocycles. The molecule has 1 aromatic heterocycles. The van der Waals surface area contributed by atoms with Gasteiger partial charge in [-0.15, -0.1) is 10.5 Å². The first-order chi connectivity index (χ1) is 7.38. The lowest BCUT2D eigenvalue weighted by Crippen LogP contribution is -2.04. The highest BCUT2D eigenvalue weighted by molar-refractivity contribution is 8.13. The van der Waals surface area contributed by atoms with Crippen LogP contribution in [0.15, 0.2) is 23.4 Å². The minimum atomic E-state index is -4.32. The average molecular weight is 246 g/mol. The summed E-state index contributed by atoms with van der Waals surface area (Å²) >= 11 is 0. The second-order valence-corrected chi connectivity index (χ2v) is 5.07. The second-order valence-electron chi connectivity index (χ2n) is 3.41. The van der Waals surface area contributed by atoms with Crippen LogP contribution >= 0.6 is 10.5 Å². The fraction of sp³-hybridized carbons (Fsp3) is 0.200. The standard InChI is InChI=1S/C10H9F3N2S/c1-16(2)9-14-7-4-3-6(10(11,12)13)5-8(7)15-9/h3-5H,1H2,2H3,(H,14,15). The minimum absolute atomic E-state index is 0.337. The predicted molar refractivity (Wildman–Crippen MR) is 60.0 cm³/mol. The highest BCUT2D eigenvalue weighted by atomic mass is 32.2. The van der Waals surface area contributed by atoms with Gasteiger partial charge in [-0.3, -0.25) is 0 Å². The quantitative estimate of drug-likeness (QED) is 0.768. The van der Waals surface area contributed by atoms with Gasteiger partial charge in [-0.05, 0) is 24.5 Å². The molecule has 0 saturated carbocycles. The minimum Gasteiger partial charge on any atom is -0.333 e. The van der Waals surface area contributed by atoms with Crippen LogP contribution in [0.25, 0.3) is 11.0 Å². The number of hydrogen-bond donors (Lipinski definition) is 1. The first kappa shape index (κ1) is 11.2. The third-order valence-electron chi connectivity index (χ3n) is 2.12. The highest BCUT2D eigenvalue weighted by Gasteiger charge is 2.30. The lowest BCUT2D eigenvalue weighted by Gasteiger charge is -2.05. The lowest BCUT2D eigenvalue weighted by atomic mass is 10.2. The number of alkyl halides is 3. The van der Waals surface area contributed by atoms with Gasteiger partial charge in [-0.1, -0.05) is 5.87 Å². The molecule has 0 spiro atoms. The molecule has 1 atom stereocenters. The third-order valence-corrected chi connectivity index (χ3v) is 2.97. The molecule has 0 aliphatic heterocycles. The first-order valence-corrected chi connectivity index (χ1v) is 6.21. The van der Waals surface area contributed by atoms with E-state index in [0.717, 1.165) is 12.1 Å². The van der Waals surface area contributed by atoms with Crippen molar-refractivity contribution in [2.75, 3.05) is 6.26 Å². The molecule has 2 nitrogen and oxygen atoms in total. The second kappa shape index (κ2) is 3.62. The number of imidazole rings is 1. The maximum atomic E-state index is 12.4. The molecule has 1 unspecified atom stereocenters. The number of aromatic amines is 1. The SMILES string of the molecule is C=S(C)c1nc2ccc(C(F)(F)F)cc2[nH]1. The average Bonchev–Trinajstić information content (AvgIpc) is 2.58. The summed E-state index contributed by atoms with van der Waals surface area (Å²) in [6, 6.07) is 3.47. The number of hydrogen-bond acceptors (Lipinski definition) is 1. The Balaban J connectivity index is 2.58. The van der Waals surface area contributed by atoms with Crippen LogP contribution in [-0.2, 0) is 6.18 Å². The Hall–Kier alpha value is -1.30. The molecule has 86 valence electrons. The maximum Gasteiger partial charge on any atom is 0.416 e.